The molecule has 2 heterocycles. The fraction of sp³-hybridized carbons (Fsp3) is 0.160. The van der Waals surface area contributed by atoms with E-state index in [1.165, 1.54) is 11.5 Å². The highest BCUT2D eigenvalue weighted by Gasteiger charge is 2.13. The van der Waals surface area contributed by atoms with Crippen LogP contribution in [0.15, 0.2) is 86.6 Å². The van der Waals surface area contributed by atoms with E-state index in [4.69, 9.17) is 18.3 Å². The molecule has 5 nitrogen and oxygen atoms in total. The van der Waals surface area contributed by atoms with Gasteiger partial charge in [-0.1, -0.05) is 36.4 Å². The van der Waals surface area contributed by atoms with Gasteiger partial charge in [0.1, 0.15) is 22.7 Å². The Labute approximate surface area is 172 Å². The minimum absolute atomic E-state index is 0.398. The highest BCUT2D eigenvalue weighted by molar-refractivity contribution is 6.01. The quantitative estimate of drug-likeness (QED) is 0.250. The lowest BCUT2D eigenvalue weighted by molar-refractivity contribution is 0.271. The maximum Gasteiger partial charge on any atom is 0.336 e. The number of unbranched alkanes of at least 4 members (excludes halogenated alkanes) is 1. The van der Waals surface area contributed by atoms with Crippen molar-refractivity contribution in [2.24, 2.45) is 0 Å². The van der Waals surface area contributed by atoms with Crippen LogP contribution in [0.1, 0.15) is 12.8 Å². The second-order valence-corrected chi connectivity index (χ2v) is 7.09. The molecular formula is C25H20O5. The topological polar surface area (TPSA) is 61.8 Å². The van der Waals surface area contributed by atoms with Crippen molar-refractivity contribution in [3.05, 3.63) is 83.4 Å². The first-order chi connectivity index (χ1) is 14.8. The summed E-state index contributed by atoms with van der Waals surface area (Å²) >= 11 is 0. The van der Waals surface area contributed by atoms with Gasteiger partial charge in [0.15, 0.2) is 0 Å². The predicted octanol–water partition coefficient (Wildman–Crippen LogP) is 5.93. The fourth-order valence-electron chi connectivity index (χ4n) is 3.65. The third-order valence-corrected chi connectivity index (χ3v) is 5.10. The van der Waals surface area contributed by atoms with Gasteiger partial charge >= 0.3 is 5.63 Å². The van der Waals surface area contributed by atoms with E-state index in [0.29, 0.717) is 30.1 Å². The van der Waals surface area contributed by atoms with Crippen molar-refractivity contribution in [1.82, 2.24) is 0 Å². The van der Waals surface area contributed by atoms with Crippen LogP contribution < -0.4 is 15.1 Å². The van der Waals surface area contributed by atoms with Gasteiger partial charge in [0, 0.05) is 17.5 Å². The van der Waals surface area contributed by atoms with E-state index < -0.39 is 5.63 Å². The smallest absolute Gasteiger partial charge is 0.336 e. The van der Waals surface area contributed by atoms with Gasteiger partial charge in [0.25, 0.3) is 0 Å². The molecule has 0 atom stereocenters. The Balaban J connectivity index is 1.23. The van der Waals surface area contributed by atoms with E-state index in [9.17, 15) is 4.79 Å². The van der Waals surface area contributed by atoms with Crippen LogP contribution in [0.3, 0.4) is 0 Å². The zero-order chi connectivity index (χ0) is 20.3. The summed E-state index contributed by atoms with van der Waals surface area (Å²) in [5.41, 5.74) is 0.690. The molecule has 0 aliphatic heterocycles. The summed E-state index contributed by atoms with van der Waals surface area (Å²) in [5, 5.41) is 3.92. The van der Waals surface area contributed by atoms with Crippen molar-refractivity contribution in [2.45, 2.75) is 12.8 Å². The van der Waals surface area contributed by atoms with Crippen LogP contribution in [0.25, 0.3) is 32.7 Å². The molecule has 5 aromatic rings. The standard InChI is InChI=1S/C25H20O5/c26-24-11-10-19-23(30-24)16-22-20(12-15-28-22)25(19)29-14-4-3-13-27-21-9-5-7-17-6-1-2-8-18(17)21/h1-2,5-12,15-16H,3-4,13-14H2. The van der Waals surface area contributed by atoms with Gasteiger partial charge in [-0.05, 0) is 36.4 Å². The Morgan fingerprint density at radius 1 is 0.733 bits per heavy atom. The Morgan fingerprint density at radius 3 is 2.47 bits per heavy atom. The zero-order valence-corrected chi connectivity index (χ0v) is 16.3. The van der Waals surface area contributed by atoms with E-state index >= 15 is 0 Å². The maximum absolute atomic E-state index is 11.5. The first kappa shape index (κ1) is 18.3. The van der Waals surface area contributed by atoms with E-state index in [-0.39, 0.29) is 0 Å². The maximum atomic E-state index is 11.5. The molecule has 0 saturated heterocycles. The minimum Gasteiger partial charge on any atom is -0.493 e. The summed E-state index contributed by atoms with van der Waals surface area (Å²) in [6.45, 7) is 1.14. The number of benzene rings is 3. The molecule has 2 aromatic heterocycles. The number of hydrogen-bond acceptors (Lipinski definition) is 5. The molecule has 0 bridgehead atoms. The van der Waals surface area contributed by atoms with Crippen LogP contribution in [-0.4, -0.2) is 13.2 Å². The van der Waals surface area contributed by atoms with Crippen molar-refractivity contribution < 1.29 is 18.3 Å². The lowest BCUT2D eigenvalue weighted by Crippen LogP contribution is -2.04. The molecule has 0 N–H and O–H groups in total. The first-order valence-corrected chi connectivity index (χ1v) is 9.97. The Morgan fingerprint density at radius 2 is 1.53 bits per heavy atom. The van der Waals surface area contributed by atoms with Crippen molar-refractivity contribution in [1.29, 1.82) is 0 Å². The second-order valence-electron chi connectivity index (χ2n) is 7.09. The normalized spacial score (nSPS) is 11.3. The lowest BCUT2D eigenvalue weighted by atomic mass is 10.1. The molecule has 5 heteroatoms. The SMILES string of the molecule is O=c1ccc2c(OCCCCOc3cccc4ccccc34)c3ccoc3cc2o1. The van der Waals surface area contributed by atoms with Gasteiger partial charge < -0.3 is 18.3 Å². The molecule has 5 rings (SSSR count). The highest BCUT2D eigenvalue weighted by Crippen LogP contribution is 2.35. The molecule has 0 radical (unpaired) electrons. The van der Waals surface area contributed by atoms with Gasteiger partial charge in [-0.3, -0.25) is 0 Å². The third kappa shape index (κ3) is 3.50. The summed E-state index contributed by atoms with van der Waals surface area (Å²) in [6, 6.07) is 21.0. The molecule has 0 aliphatic carbocycles. The van der Waals surface area contributed by atoms with Gasteiger partial charge in [-0.25, -0.2) is 4.79 Å². The number of rotatable bonds is 7. The number of hydrogen-bond donors (Lipinski definition) is 0. The molecule has 0 fully saturated rings. The van der Waals surface area contributed by atoms with E-state index in [1.54, 1.807) is 18.4 Å². The molecule has 0 aliphatic rings. The molecule has 150 valence electrons. The number of fused-ring (bicyclic) bond motifs is 3. The van der Waals surface area contributed by atoms with Crippen LogP contribution in [-0.2, 0) is 0 Å². The van der Waals surface area contributed by atoms with E-state index in [2.05, 4.69) is 18.2 Å². The van der Waals surface area contributed by atoms with Crippen molar-refractivity contribution in [2.75, 3.05) is 13.2 Å². The summed E-state index contributed by atoms with van der Waals surface area (Å²) in [7, 11) is 0. The van der Waals surface area contributed by atoms with Crippen molar-refractivity contribution in [3.8, 4) is 11.5 Å². The highest BCUT2D eigenvalue weighted by atomic mass is 16.5. The monoisotopic (exact) mass is 400 g/mol. The number of ether oxygens (including phenoxy) is 2. The van der Waals surface area contributed by atoms with Crippen molar-refractivity contribution >= 4 is 32.7 Å². The van der Waals surface area contributed by atoms with Gasteiger partial charge in [0.05, 0.1) is 30.2 Å². The molecule has 30 heavy (non-hydrogen) atoms. The Hall–Kier alpha value is -3.73. The zero-order valence-electron chi connectivity index (χ0n) is 16.3. The average molecular weight is 400 g/mol. The van der Waals surface area contributed by atoms with Gasteiger partial charge in [0.2, 0.25) is 0 Å². The summed E-state index contributed by atoms with van der Waals surface area (Å²) in [6.07, 6.45) is 3.29. The molecule has 0 saturated carbocycles. The molecule has 3 aromatic carbocycles. The molecule has 0 unspecified atom stereocenters. The summed E-state index contributed by atoms with van der Waals surface area (Å²) in [5.74, 6) is 1.58. The Bertz CT molecular complexity index is 1370. The fourth-order valence-corrected chi connectivity index (χ4v) is 3.65. The second kappa shape index (κ2) is 7.95. The lowest BCUT2D eigenvalue weighted by Gasteiger charge is -2.11. The van der Waals surface area contributed by atoms with Crippen LogP contribution >= 0.6 is 0 Å². The van der Waals surface area contributed by atoms with E-state index in [0.717, 1.165) is 34.7 Å². The molecular weight excluding hydrogens is 380 g/mol. The largest absolute Gasteiger partial charge is 0.493 e. The Kier molecular flexibility index (Phi) is 4.85. The molecule has 0 amide bonds. The van der Waals surface area contributed by atoms with Crippen LogP contribution in [0.5, 0.6) is 11.5 Å². The third-order valence-electron chi connectivity index (χ3n) is 5.10. The predicted molar refractivity (Wildman–Crippen MR) is 116 cm³/mol. The number of furan rings is 1. The summed E-state index contributed by atoms with van der Waals surface area (Å²) < 4.78 is 22.8. The summed E-state index contributed by atoms with van der Waals surface area (Å²) in [4.78, 5) is 11.5. The minimum atomic E-state index is -0.398. The van der Waals surface area contributed by atoms with Crippen LogP contribution in [0, 0.1) is 0 Å². The van der Waals surface area contributed by atoms with Crippen LogP contribution in [0.4, 0.5) is 0 Å². The first-order valence-electron chi connectivity index (χ1n) is 9.97. The molecule has 0 spiro atoms. The average Bonchev–Trinajstić information content (AvgIpc) is 3.23. The van der Waals surface area contributed by atoms with E-state index in [1.807, 2.05) is 30.3 Å². The van der Waals surface area contributed by atoms with Crippen LogP contribution in [0.2, 0.25) is 0 Å². The van der Waals surface area contributed by atoms with Gasteiger partial charge in [-0.15, -0.1) is 0 Å². The van der Waals surface area contributed by atoms with Gasteiger partial charge in [-0.2, -0.15) is 0 Å². The van der Waals surface area contributed by atoms with Crippen molar-refractivity contribution in [3.63, 3.8) is 0 Å².